The van der Waals surface area contributed by atoms with E-state index in [0.717, 1.165) is 25.3 Å². The number of benzene rings is 1. The third-order valence-corrected chi connectivity index (χ3v) is 3.55. The van der Waals surface area contributed by atoms with Crippen molar-refractivity contribution in [3.63, 3.8) is 0 Å². The number of nitrogens with one attached hydrogen (secondary N) is 1. The molecule has 0 saturated heterocycles. The van der Waals surface area contributed by atoms with Crippen LogP contribution in [0.25, 0.3) is 0 Å². The fourth-order valence-electron chi connectivity index (χ4n) is 2.57. The Balaban J connectivity index is 1.89. The number of fused-ring (bicyclic) bond motifs is 1. The molecule has 0 bridgehead atoms. The first-order valence-electron chi connectivity index (χ1n) is 6.39. The van der Waals surface area contributed by atoms with Gasteiger partial charge in [0.15, 0.2) is 5.75 Å². The van der Waals surface area contributed by atoms with Gasteiger partial charge in [-0.2, -0.15) is 5.26 Å². The van der Waals surface area contributed by atoms with E-state index in [0.29, 0.717) is 17.9 Å². The van der Waals surface area contributed by atoms with Crippen LogP contribution in [-0.2, 0) is 0 Å². The van der Waals surface area contributed by atoms with Gasteiger partial charge in [-0.25, -0.2) is 0 Å². The van der Waals surface area contributed by atoms with E-state index in [1.54, 1.807) is 12.4 Å². The number of rotatable bonds is 2. The lowest BCUT2D eigenvalue weighted by atomic mass is 10.0. The molecule has 1 atom stereocenters. The molecule has 0 aliphatic carbocycles. The fraction of sp³-hybridized carbons (Fsp3) is 0.429. The van der Waals surface area contributed by atoms with Gasteiger partial charge in [0.25, 0.3) is 0 Å². The van der Waals surface area contributed by atoms with Crippen molar-refractivity contribution in [3.8, 4) is 11.8 Å². The quantitative estimate of drug-likeness (QED) is 0.862. The molecule has 0 aromatic heterocycles. The van der Waals surface area contributed by atoms with Crippen molar-refractivity contribution in [1.82, 2.24) is 5.32 Å². The van der Waals surface area contributed by atoms with Crippen molar-refractivity contribution in [2.45, 2.75) is 12.5 Å². The molecule has 0 radical (unpaired) electrons. The summed E-state index contributed by atoms with van der Waals surface area (Å²) in [5.41, 5.74) is 1.56. The Labute approximate surface area is 112 Å². The minimum atomic E-state index is -0.0444. The first kappa shape index (κ1) is 11.8. The number of hydrogen-bond acceptors (Lipinski definition) is 5. The minimum absolute atomic E-state index is 0.0444. The van der Waals surface area contributed by atoms with E-state index in [1.807, 2.05) is 12.1 Å². The molecule has 1 N–H and O–H groups in total. The van der Waals surface area contributed by atoms with Gasteiger partial charge in [0.1, 0.15) is 12.7 Å². The van der Waals surface area contributed by atoms with Crippen LogP contribution in [0.15, 0.2) is 23.2 Å². The number of nitrogens with zero attached hydrogens (tertiary/aromatic N) is 3. The Morgan fingerprint density at radius 3 is 3.21 bits per heavy atom. The van der Waals surface area contributed by atoms with Gasteiger partial charge in [0.2, 0.25) is 0 Å². The number of aliphatic imine (C=N–C) groups is 1. The predicted octanol–water partition coefficient (Wildman–Crippen LogP) is 1.15. The average Bonchev–Trinajstić information content (AvgIpc) is 2.85. The normalized spacial score (nSPS) is 24.3. The van der Waals surface area contributed by atoms with Crippen LogP contribution in [0.3, 0.4) is 0 Å². The summed E-state index contributed by atoms with van der Waals surface area (Å²) in [4.78, 5) is 6.51. The Hall–Kier alpha value is -2.22. The molecule has 1 unspecified atom stereocenters. The van der Waals surface area contributed by atoms with E-state index in [2.05, 4.69) is 28.2 Å². The second-order valence-corrected chi connectivity index (χ2v) is 5.21. The molecule has 0 amide bonds. The maximum Gasteiger partial charge on any atom is 0.160 e. The highest BCUT2D eigenvalue weighted by Crippen LogP contribution is 2.35. The summed E-state index contributed by atoms with van der Waals surface area (Å²) in [5, 5.41) is 12.4. The first-order valence-corrected chi connectivity index (χ1v) is 6.39. The molecule has 2 heterocycles. The highest BCUT2D eigenvalue weighted by molar-refractivity contribution is 5.67. The monoisotopic (exact) mass is 256 g/mol. The van der Waals surface area contributed by atoms with Crippen molar-refractivity contribution in [2.75, 3.05) is 31.1 Å². The van der Waals surface area contributed by atoms with Gasteiger partial charge >= 0.3 is 0 Å². The van der Waals surface area contributed by atoms with Crippen molar-refractivity contribution in [2.24, 2.45) is 4.99 Å². The zero-order chi connectivity index (χ0) is 13.3. The summed E-state index contributed by atoms with van der Waals surface area (Å²) in [6.07, 6.45) is 1.77. The number of para-hydroxylation sites is 1. The molecule has 1 aromatic rings. The molecule has 0 saturated carbocycles. The van der Waals surface area contributed by atoms with Crippen LogP contribution in [0.1, 0.15) is 12.5 Å². The lowest BCUT2D eigenvalue weighted by Crippen LogP contribution is -2.52. The highest BCUT2D eigenvalue weighted by atomic mass is 16.5. The van der Waals surface area contributed by atoms with Crippen LogP contribution >= 0.6 is 0 Å². The van der Waals surface area contributed by atoms with Crippen LogP contribution in [0.5, 0.6) is 5.75 Å². The summed E-state index contributed by atoms with van der Waals surface area (Å²) in [7, 11) is 0. The molecule has 3 rings (SSSR count). The Kier molecular flexibility index (Phi) is 2.79. The zero-order valence-corrected chi connectivity index (χ0v) is 10.9. The van der Waals surface area contributed by atoms with Crippen LogP contribution in [0.4, 0.5) is 5.69 Å². The number of ether oxygens (including phenoxy) is 1. The molecule has 0 spiro atoms. The van der Waals surface area contributed by atoms with E-state index in [1.165, 1.54) is 0 Å². The lowest BCUT2D eigenvalue weighted by Gasteiger charge is -2.37. The Bertz CT molecular complexity index is 553. The van der Waals surface area contributed by atoms with Gasteiger partial charge in [0, 0.05) is 6.54 Å². The third-order valence-electron chi connectivity index (χ3n) is 3.55. The minimum Gasteiger partial charge on any atom is -0.488 e. The van der Waals surface area contributed by atoms with Gasteiger partial charge in [0.05, 0.1) is 36.2 Å². The summed E-state index contributed by atoms with van der Waals surface area (Å²) >= 11 is 0. The van der Waals surface area contributed by atoms with Gasteiger partial charge in [-0.05, 0) is 19.1 Å². The first-order chi connectivity index (χ1) is 9.22. The van der Waals surface area contributed by atoms with Crippen LogP contribution in [-0.4, -0.2) is 38.1 Å². The van der Waals surface area contributed by atoms with Crippen molar-refractivity contribution >= 4 is 12.0 Å². The van der Waals surface area contributed by atoms with Crippen molar-refractivity contribution < 1.29 is 4.74 Å². The summed E-state index contributed by atoms with van der Waals surface area (Å²) in [5.74, 6) is 0.707. The molecule has 1 aromatic carbocycles. The Morgan fingerprint density at radius 2 is 2.47 bits per heavy atom. The standard InChI is InChI=1S/C14H16N4O/c1-14(8-16-10-17-14)9-18-5-6-19-13-11(7-15)3-2-4-12(13)18/h2-4,10H,5-6,8-9H2,1H3,(H,16,17). The molecule has 2 aliphatic rings. The number of anilines is 1. The molecule has 98 valence electrons. The molecule has 5 nitrogen and oxygen atoms in total. The fourth-order valence-corrected chi connectivity index (χ4v) is 2.57. The Morgan fingerprint density at radius 1 is 1.58 bits per heavy atom. The molecular formula is C14H16N4O. The SMILES string of the molecule is CC1(CN2CCOc3c(C#N)cccc32)CN=CN1. The van der Waals surface area contributed by atoms with Crippen molar-refractivity contribution in [3.05, 3.63) is 23.8 Å². The molecular weight excluding hydrogens is 240 g/mol. The van der Waals surface area contributed by atoms with Gasteiger partial charge in [-0.3, -0.25) is 4.99 Å². The molecule has 2 aliphatic heterocycles. The maximum atomic E-state index is 9.13. The van der Waals surface area contributed by atoms with Gasteiger partial charge in [-0.1, -0.05) is 6.07 Å². The van der Waals surface area contributed by atoms with Crippen molar-refractivity contribution in [1.29, 1.82) is 5.26 Å². The van der Waals surface area contributed by atoms with E-state index >= 15 is 0 Å². The van der Waals surface area contributed by atoms with E-state index in [9.17, 15) is 0 Å². The smallest absolute Gasteiger partial charge is 0.160 e. The number of hydrogen-bond donors (Lipinski definition) is 1. The van der Waals surface area contributed by atoms with Crippen LogP contribution in [0, 0.1) is 11.3 Å². The molecule has 19 heavy (non-hydrogen) atoms. The predicted molar refractivity (Wildman–Crippen MR) is 73.8 cm³/mol. The maximum absolute atomic E-state index is 9.13. The molecule has 0 fully saturated rings. The summed E-state index contributed by atoms with van der Waals surface area (Å²) < 4.78 is 5.66. The van der Waals surface area contributed by atoms with E-state index in [-0.39, 0.29) is 5.54 Å². The third kappa shape index (κ3) is 2.10. The highest BCUT2D eigenvalue weighted by Gasteiger charge is 2.31. The van der Waals surface area contributed by atoms with Crippen LogP contribution < -0.4 is 15.0 Å². The zero-order valence-electron chi connectivity index (χ0n) is 10.9. The van der Waals surface area contributed by atoms with Gasteiger partial charge < -0.3 is 15.0 Å². The number of nitriles is 1. The summed E-state index contributed by atoms with van der Waals surface area (Å²) in [6, 6.07) is 7.89. The second-order valence-electron chi connectivity index (χ2n) is 5.21. The van der Waals surface area contributed by atoms with Crippen LogP contribution in [0.2, 0.25) is 0 Å². The van der Waals surface area contributed by atoms with Gasteiger partial charge in [-0.15, -0.1) is 0 Å². The van der Waals surface area contributed by atoms with E-state index < -0.39 is 0 Å². The molecule has 5 heteroatoms. The largest absolute Gasteiger partial charge is 0.488 e. The summed E-state index contributed by atoms with van der Waals surface area (Å²) in [6.45, 7) is 5.22. The lowest BCUT2D eigenvalue weighted by molar-refractivity contribution is 0.298. The van der Waals surface area contributed by atoms with E-state index in [4.69, 9.17) is 10.00 Å². The average molecular weight is 256 g/mol. The topological polar surface area (TPSA) is 60.6 Å². The second kappa shape index (κ2) is 4.47.